The monoisotopic (exact) mass is 317 g/mol. The maximum absolute atomic E-state index is 12.7. The molecule has 1 heterocycles. The molecular weight excluding hydrogens is 302 g/mol. The van der Waals surface area contributed by atoms with Crippen LogP contribution in [0.5, 0.6) is 0 Å². The molecule has 108 valence electrons. The van der Waals surface area contributed by atoms with Crippen LogP contribution in [0.25, 0.3) is 0 Å². The molecule has 2 aromatic carbocycles. The second kappa shape index (κ2) is 6.12. The van der Waals surface area contributed by atoms with E-state index in [9.17, 15) is 4.79 Å². The number of amides is 1. The number of carbonyl (C=O) groups is 1. The third-order valence-corrected chi connectivity index (χ3v) is 5.46. The van der Waals surface area contributed by atoms with Gasteiger partial charge in [-0.2, -0.15) is 0 Å². The highest BCUT2D eigenvalue weighted by Gasteiger charge is 2.40. The number of rotatable bonds is 3. The number of nitrogens with zero attached hydrogens (tertiary/aromatic N) is 1. The third kappa shape index (κ3) is 2.81. The van der Waals surface area contributed by atoms with Crippen molar-refractivity contribution in [2.45, 2.75) is 24.0 Å². The van der Waals surface area contributed by atoms with Crippen molar-refractivity contribution in [2.24, 2.45) is 0 Å². The molecule has 0 spiro atoms. The van der Waals surface area contributed by atoms with E-state index in [-0.39, 0.29) is 16.5 Å². The summed E-state index contributed by atoms with van der Waals surface area (Å²) in [6.45, 7) is 2.06. The molecule has 4 heteroatoms. The second-order valence-corrected chi connectivity index (χ2v) is 6.70. The van der Waals surface area contributed by atoms with E-state index in [1.807, 2.05) is 59.5 Å². The molecule has 0 bridgehead atoms. The first-order chi connectivity index (χ1) is 10.2. The van der Waals surface area contributed by atoms with E-state index in [1.165, 1.54) is 0 Å². The fourth-order valence-electron chi connectivity index (χ4n) is 2.52. The molecule has 2 nitrogen and oxygen atoms in total. The van der Waals surface area contributed by atoms with Crippen molar-refractivity contribution in [1.29, 1.82) is 0 Å². The lowest BCUT2D eigenvalue weighted by Gasteiger charge is -2.24. The molecule has 1 amide bonds. The molecule has 0 N–H and O–H groups in total. The van der Waals surface area contributed by atoms with E-state index in [0.717, 1.165) is 17.7 Å². The van der Waals surface area contributed by atoms with Crippen LogP contribution < -0.4 is 4.90 Å². The van der Waals surface area contributed by atoms with Gasteiger partial charge >= 0.3 is 0 Å². The van der Waals surface area contributed by atoms with E-state index in [1.54, 1.807) is 11.8 Å². The average Bonchev–Trinajstić information content (AvgIpc) is 2.85. The topological polar surface area (TPSA) is 20.3 Å². The molecule has 1 aliphatic heterocycles. The Kier molecular flexibility index (Phi) is 4.22. The Labute approximate surface area is 134 Å². The minimum Gasteiger partial charge on any atom is -0.295 e. The number of para-hydroxylation sites is 1. The van der Waals surface area contributed by atoms with Gasteiger partial charge in [0, 0.05) is 10.7 Å². The van der Waals surface area contributed by atoms with E-state index in [0.29, 0.717) is 5.02 Å². The van der Waals surface area contributed by atoms with Crippen LogP contribution in [0.3, 0.4) is 0 Å². The summed E-state index contributed by atoms with van der Waals surface area (Å²) in [6.07, 6.45) is 0.844. The molecule has 0 saturated carbocycles. The van der Waals surface area contributed by atoms with Gasteiger partial charge in [-0.25, -0.2) is 0 Å². The standard InChI is InChI=1S/C17H16ClNOS/c1-2-15-16(20)19(14-6-4-3-5-7-14)17(21-15)12-8-10-13(18)11-9-12/h3-11,15,17H,2H2,1H3. The highest BCUT2D eigenvalue weighted by molar-refractivity contribution is 8.01. The number of benzene rings is 2. The molecule has 0 aliphatic carbocycles. The number of halogens is 1. The molecule has 2 unspecified atom stereocenters. The number of hydrogen-bond acceptors (Lipinski definition) is 2. The van der Waals surface area contributed by atoms with Gasteiger partial charge in [0.25, 0.3) is 0 Å². The second-order valence-electron chi connectivity index (χ2n) is 4.98. The third-order valence-electron chi connectivity index (χ3n) is 3.60. The predicted octanol–water partition coefficient (Wildman–Crippen LogP) is 4.90. The van der Waals surface area contributed by atoms with Crippen LogP contribution in [-0.2, 0) is 4.79 Å². The van der Waals surface area contributed by atoms with Gasteiger partial charge in [0.1, 0.15) is 5.37 Å². The van der Waals surface area contributed by atoms with Crippen LogP contribution in [0.1, 0.15) is 24.3 Å². The summed E-state index contributed by atoms with van der Waals surface area (Å²) in [4.78, 5) is 14.6. The summed E-state index contributed by atoms with van der Waals surface area (Å²) < 4.78 is 0. The molecule has 0 radical (unpaired) electrons. The molecule has 1 saturated heterocycles. The van der Waals surface area contributed by atoms with Gasteiger partial charge in [0.05, 0.1) is 5.25 Å². The molecule has 21 heavy (non-hydrogen) atoms. The van der Waals surface area contributed by atoms with Crippen molar-refractivity contribution in [3.8, 4) is 0 Å². The number of thioether (sulfide) groups is 1. The molecule has 1 fully saturated rings. The lowest BCUT2D eigenvalue weighted by Crippen LogP contribution is -2.30. The van der Waals surface area contributed by atoms with Crippen molar-refractivity contribution >= 4 is 35.0 Å². The lowest BCUT2D eigenvalue weighted by molar-refractivity contribution is -0.117. The molecule has 0 aromatic heterocycles. The maximum Gasteiger partial charge on any atom is 0.241 e. The van der Waals surface area contributed by atoms with Gasteiger partial charge in [-0.05, 0) is 36.2 Å². The summed E-state index contributed by atoms with van der Waals surface area (Å²) >= 11 is 7.68. The van der Waals surface area contributed by atoms with E-state index in [2.05, 4.69) is 6.92 Å². The fraction of sp³-hybridized carbons (Fsp3) is 0.235. The normalized spacial score (nSPS) is 21.8. The van der Waals surface area contributed by atoms with Crippen LogP contribution in [0, 0.1) is 0 Å². The highest BCUT2D eigenvalue weighted by Crippen LogP contribution is 2.46. The Bertz CT molecular complexity index is 629. The lowest BCUT2D eigenvalue weighted by atomic mass is 10.1. The Morgan fingerprint density at radius 1 is 1.10 bits per heavy atom. The van der Waals surface area contributed by atoms with Crippen molar-refractivity contribution < 1.29 is 4.79 Å². The van der Waals surface area contributed by atoms with Crippen LogP contribution in [-0.4, -0.2) is 11.2 Å². The molecule has 1 aliphatic rings. The Morgan fingerprint density at radius 2 is 1.76 bits per heavy atom. The molecule has 2 atom stereocenters. The first kappa shape index (κ1) is 14.5. The summed E-state index contributed by atoms with van der Waals surface area (Å²) in [5.41, 5.74) is 2.06. The molecular formula is C17H16ClNOS. The van der Waals surface area contributed by atoms with Crippen LogP contribution in [0.4, 0.5) is 5.69 Å². The van der Waals surface area contributed by atoms with Gasteiger partial charge in [-0.3, -0.25) is 9.69 Å². The number of anilines is 1. The Hall–Kier alpha value is -1.45. The minimum atomic E-state index is 0.0158. The predicted molar refractivity (Wildman–Crippen MR) is 89.8 cm³/mol. The Morgan fingerprint density at radius 3 is 2.38 bits per heavy atom. The van der Waals surface area contributed by atoms with Gasteiger partial charge in [0.15, 0.2) is 0 Å². The zero-order valence-electron chi connectivity index (χ0n) is 11.7. The summed E-state index contributed by atoms with van der Waals surface area (Å²) in [5.74, 6) is 0.189. The van der Waals surface area contributed by atoms with Gasteiger partial charge in [-0.15, -0.1) is 11.8 Å². The minimum absolute atomic E-state index is 0.0158. The smallest absolute Gasteiger partial charge is 0.241 e. The zero-order chi connectivity index (χ0) is 14.8. The van der Waals surface area contributed by atoms with Crippen LogP contribution in [0.15, 0.2) is 54.6 Å². The highest BCUT2D eigenvalue weighted by atomic mass is 35.5. The zero-order valence-corrected chi connectivity index (χ0v) is 13.3. The fourth-order valence-corrected chi connectivity index (χ4v) is 4.04. The van der Waals surface area contributed by atoms with Crippen LogP contribution >= 0.6 is 23.4 Å². The Balaban J connectivity index is 2.00. The largest absolute Gasteiger partial charge is 0.295 e. The molecule has 2 aromatic rings. The van der Waals surface area contributed by atoms with Crippen molar-refractivity contribution in [1.82, 2.24) is 0 Å². The van der Waals surface area contributed by atoms with E-state index >= 15 is 0 Å². The number of hydrogen-bond donors (Lipinski definition) is 0. The average molecular weight is 318 g/mol. The maximum atomic E-state index is 12.7. The van der Waals surface area contributed by atoms with Gasteiger partial charge in [0.2, 0.25) is 5.91 Å². The summed E-state index contributed by atoms with van der Waals surface area (Å²) in [6, 6.07) is 17.6. The first-order valence-electron chi connectivity index (χ1n) is 6.99. The summed E-state index contributed by atoms with van der Waals surface area (Å²) in [7, 11) is 0. The number of carbonyl (C=O) groups excluding carboxylic acids is 1. The van der Waals surface area contributed by atoms with Crippen molar-refractivity contribution in [2.75, 3.05) is 4.90 Å². The van der Waals surface area contributed by atoms with E-state index in [4.69, 9.17) is 11.6 Å². The van der Waals surface area contributed by atoms with Crippen LogP contribution in [0.2, 0.25) is 5.02 Å². The summed E-state index contributed by atoms with van der Waals surface area (Å²) in [5, 5.41) is 0.749. The van der Waals surface area contributed by atoms with Gasteiger partial charge in [-0.1, -0.05) is 48.9 Å². The SMILES string of the molecule is CCC1SC(c2ccc(Cl)cc2)N(c2ccccc2)C1=O. The van der Waals surface area contributed by atoms with E-state index < -0.39 is 0 Å². The van der Waals surface area contributed by atoms with Crippen molar-refractivity contribution in [3.05, 3.63) is 65.2 Å². The molecule has 3 rings (SSSR count). The quantitative estimate of drug-likeness (QED) is 0.802. The van der Waals surface area contributed by atoms with Gasteiger partial charge < -0.3 is 0 Å². The van der Waals surface area contributed by atoms with Crippen molar-refractivity contribution in [3.63, 3.8) is 0 Å². The first-order valence-corrected chi connectivity index (χ1v) is 8.32.